The number of hydrogen-bond donors (Lipinski definition) is 1. The number of fused-ring (bicyclic) bond motifs is 1. The van der Waals surface area contributed by atoms with Gasteiger partial charge in [0.15, 0.2) is 5.84 Å². The third kappa shape index (κ3) is 3.04. The summed E-state index contributed by atoms with van der Waals surface area (Å²) in [6.45, 7) is 0. The van der Waals surface area contributed by atoms with Crippen LogP contribution >= 0.6 is 0 Å². The molecule has 122 valence electrons. The maximum absolute atomic E-state index is 13.8. The molecule has 3 aromatic rings. The molecule has 3 nitrogen and oxygen atoms in total. The Balaban J connectivity index is 1.87. The van der Waals surface area contributed by atoms with Gasteiger partial charge in [0, 0.05) is 16.7 Å². The lowest BCUT2D eigenvalue weighted by atomic mass is 10.0. The molecule has 0 aromatic heterocycles. The number of hydrazone groups is 1. The third-order valence-electron chi connectivity index (χ3n) is 3.88. The lowest BCUT2D eigenvalue weighted by Gasteiger charge is -2.07. The molecule has 1 aliphatic rings. The number of nitrogens with zero attached hydrogens (tertiary/aromatic N) is 2. The van der Waals surface area contributed by atoms with Gasteiger partial charge in [-0.05, 0) is 42.5 Å². The summed E-state index contributed by atoms with van der Waals surface area (Å²) in [7, 11) is 0. The van der Waals surface area contributed by atoms with Crippen LogP contribution in [0.3, 0.4) is 0 Å². The Bertz CT molecular complexity index is 978. The van der Waals surface area contributed by atoms with Crippen molar-refractivity contribution in [2.45, 2.75) is 0 Å². The second-order valence-corrected chi connectivity index (χ2v) is 5.57. The predicted octanol–water partition coefficient (Wildman–Crippen LogP) is 4.40. The fraction of sp³-hybridized carbons (Fsp3) is 0. The van der Waals surface area contributed by atoms with Crippen LogP contribution < -0.4 is 5.43 Å². The Morgan fingerprint density at radius 2 is 1.44 bits per heavy atom. The zero-order valence-corrected chi connectivity index (χ0v) is 13.1. The van der Waals surface area contributed by atoms with Gasteiger partial charge in [-0.2, -0.15) is 5.10 Å². The van der Waals surface area contributed by atoms with Crippen LogP contribution in [0, 0.1) is 11.6 Å². The highest BCUT2D eigenvalue weighted by Crippen LogP contribution is 2.26. The quantitative estimate of drug-likeness (QED) is 0.741. The van der Waals surface area contributed by atoms with Crippen LogP contribution in [0.1, 0.15) is 16.7 Å². The number of benzene rings is 3. The smallest absolute Gasteiger partial charge is 0.154 e. The Morgan fingerprint density at radius 1 is 0.720 bits per heavy atom. The van der Waals surface area contributed by atoms with Crippen molar-refractivity contribution >= 4 is 17.2 Å². The molecule has 0 atom stereocenters. The highest BCUT2D eigenvalue weighted by atomic mass is 19.1. The average molecular weight is 333 g/mol. The van der Waals surface area contributed by atoms with E-state index < -0.39 is 0 Å². The summed E-state index contributed by atoms with van der Waals surface area (Å²) >= 11 is 0. The molecule has 25 heavy (non-hydrogen) atoms. The molecule has 0 unspecified atom stereocenters. The van der Waals surface area contributed by atoms with Crippen LogP contribution in [-0.2, 0) is 0 Å². The van der Waals surface area contributed by atoms with Gasteiger partial charge in [-0.15, -0.1) is 0 Å². The summed E-state index contributed by atoms with van der Waals surface area (Å²) in [6.07, 6.45) is 0. The van der Waals surface area contributed by atoms with Crippen molar-refractivity contribution in [3.05, 3.63) is 101 Å². The minimum atomic E-state index is -0.359. The van der Waals surface area contributed by atoms with E-state index in [0.29, 0.717) is 28.4 Å². The molecule has 1 N–H and O–H groups in total. The van der Waals surface area contributed by atoms with Gasteiger partial charge >= 0.3 is 0 Å². The summed E-state index contributed by atoms with van der Waals surface area (Å²) in [4.78, 5) is 4.56. The van der Waals surface area contributed by atoms with Crippen molar-refractivity contribution in [3.63, 3.8) is 0 Å². The van der Waals surface area contributed by atoms with Gasteiger partial charge in [-0.25, -0.2) is 13.8 Å². The minimum absolute atomic E-state index is 0.325. The van der Waals surface area contributed by atoms with Crippen molar-refractivity contribution in [1.82, 2.24) is 5.43 Å². The molecular formula is C20H13F2N3. The third-order valence-corrected chi connectivity index (χ3v) is 3.88. The van der Waals surface area contributed by atoms with E-state index >= 15 is 0 Å². The van der Waals surface area contributed by atoms with Crippen molar-refractivity contribution in [2.75, 3.05) is 0 Å². The number of amidine groups is 1. The highest BCUT2D eigenvalue weighted by Gasteiger charge is 2.17. The topological polar surface area (TPSA) is 36.8 Å². The van der Waals surface area contributed by atoms with Crippen molar-refractivity contribution < 1.29 is 8.78 Å². The number of nitrogens with one attached hydrogen (secondary N) is 1. The molecule has 0 bridgehead atoms. The van der Waals surface area contributed by atoms with Gasteiger partial charge in [0.1, 0.15) is 17.3 Å². The van der Waals surface area contributed by atoms with Gasteiger partial charge in [0.25, 0.3) is 0 Å². The average Bonchev–Trinajstić information content (AvgIpc) is 2.82. The first-order valence-electron chi connectivity index (χ1n) is 7.74. The standard InChI is InChI=1S/C20H13F2N3/c21-15-8-6-14(7-9-15)20-23-18-11-10-16(22)12-17(18)19(24-25-20)13-4-2-1-3-5-13/h1-12H,(H,23,25). The molecule has 3 aromatic carbocycles. The first-order valence-corrected chi connectivity index (χ1v) is 7.74. The summed E-state index contributed by atoms with van der Waals surface area (Å²) < 4.78 is 27.0. The molecule has 4 rings (SSSR count). The lowest BCUT2D eigenvalue weighted by Crippen LogP contribution is -2.19. The van der Waals surface area contributed by atoms with Crippen LogP contribution in [0.25, 0.3) is 0 Å². The first-order chi connectivity index (χ1) is 12.2. The van der Waals surface area contributed by atoms with Crippen LogP contribution in [-0.4, -0.2) is 11.5 Å². The van der Waals surface area contributed by atoms with Crippen LogP contribution in [0.4, 0.5) is 14.5 Å². The molecule has 0 fully saturated rings. The molecule has 0 saturated heterocycles. The predicted molar refractivity (Wildman–Crippen MR) is 94.2 cm³/mol. The van der Waals surface area contributed by atoms with Crippen LogP contribution in [0.5, 0.6) is 0 Å². The van der Waals surface area contributed by atoms with Gasteiger partial charge in [-0.1, -0.05) is 30.3 Å². The zero-order chi connectivity index (χ0) is 17.2. The maximum Gasteiger partial charge on any atom is 0.154 e. The van der Waals surface area contributed by atoms with Crippen molar-refractivity contribution in [1.29, 1.82) is 0 Å². The molecular weight excluding hydrogens is 320 g/mol. The molecule has 5 heteroatoms. The summed E-state index contributed by atoms with van der Waals surface area (Å²) in [6, 6.07) is 19.8. The summed E-state index contributed by atoms with van der Waals surface area (Å²) in [5, 5.41) is 4.43. The Labute approximate surface area is 143 Å². The number of rotatable bonds is 2. The van der Waals surface area contributed by atoms with E-state index in [0.717, 1.165) is 5.56 Å². The van der Waals surface area contributed by atoms with Gasteiger partial charge in [0.2, 0.25) is 0 Å². The molecule has 0 saturated carbocycles. The monoisotopic (exact) mass is 333 g/mol. The molecule has 0 aliphatic carbocycles. The number of halogens is 2. The summed E-state index contributed by atoms with van der Waals surface area (Å²) in [5.41, 5.74) is 6.24. The van der Waals surface area contributed by atoms with Crippen molar-refractivity contribution in [2.24, 2.45) is 10.1 Å². The van der Waals surface area contributed by atoms with E-state index in [4.69, 9.17) is 0 Å². The van der Waals surface area contributed by atoms with Crippen LogP contribution in [0.15, 0.2) is 82.9 Å². The fourth-order valence-electron chi connectivity index (χ4n) is 2.66. The molecule has 0 radical (unpaired) electrons. The van der Waals surface area contributed by atoms with E-state index in [1.807, 2.05) is 30.3 Å². The Morgan fingerprint density at radius 3 is 2.20 bits per heavy atom. The second kappa shape index (κ2) is 6.28. The maximum atomic E-state index is 13.8. The summed E-state index contributed by atoms with van der Waals surface area (Å²) in [5.74, 6) is -0.212. The lowest BCUT2D eigenvalue weighted by molar-refractivity contribution is 0.627. The first kappa shape index (κ1) is 15.2. The highest BCUT2D eigenvalue weighted by molar-refractivity contribution is 6.17. The van der Waals surface area contributed by atoms with Gasteiger partial charge < -0.3 is 0 Å². The van der Waals surface area contributed by atoms with E-state index in [9.17, 15) is 8.78 Å². The molecule has 0 spiro atoms. The fourth-order valence-corrected chi connectivity index (χ4v) is 2.66. The zero-order valence-electron chi connectivity index (χ0n) is 13.1. The Kier molecular flexibility index (Phi) is 3.82. The largest absolute Gasteiger partial charge is 0.260 e. The van der Waals surface area contributed by atoms with E-state index in [2.05, 4.69) is 15.5 Å². The van der Waals surface area contributed by atoms with E-state index in [1.165, 1.54) is 24.3 Å². The minimum Gasteiger partial charge on any atom is -0.260 e. The SMILES string of the molecule is Fc1ccc(C2=Nc3ccc(F)cc3C(c3ccccc3)=NN2)cc1. The number of hydrogen-bond acceptors (Lipinski definition) is 3. The van der Waals surface area contributed by atoms with Crippen LogP contribution in [0.2, 0.25) is 0 Å². The van der Waals surface area contributed by atoms with Gasteiger partial charge in [-0.3, -0.25) is 5.43 Å². The van der Waals surface area contributed by atoms with E-state index in [1.54, 1.807) is 18.2 Å². The van der Waals surface area contributed by atoms with E-state index in [-0.39, 0.29) is 11.6 Å². The number of aliphatic imine (C=N–C) groups is 1. The molecule has 0 amide bonds. The van der Waals surface area contributed by atoms with Gasteiger partial charge in [0.05, 0.1) is 5.69 Å². The molecule has 1 heterocycles. The normalized spacial score (nSPS) is 13.2. The van der Waals surface area contributed by atoms with Crippen molar-refractivity contribution in [3.8, 4) is 0 Å². The molecule has 1 aliphatic heterocycles. The Hall–Kier alpha value is -3.34. The second-order valence-electron chi connectivity index (χ2n) is 5.57.